The van der Waals surface area contributed by atoms with Crippen molar-refractivity contribution in [1.29, 1.82) is 0 Å². The van der Waals surface area contributed by atoms with Gasteiger partial charge < -0.3 is 15.5 Å². The zero-order valence-corrected chi connectivity index (χ0v) is 18.7. The molecule has 0 amide bonds. The fourth-order valence-electron chi connectivity index (χ4n) is 3.58. The van der Waals surface area contributed by atoms with Crippen LogP contribution < -0.4 is 5.32 Å². The monoisotopic (exact) mass is 411 g/mol. The van der Waals surface area contributed by atoms with E-state index in [2.05, 4.69) is 12.2 Å². The Morgan fingerprint density at radius 3 is 1.50 bits per heavy atom. The molecule has 3 N–H and O–H groups in total. The van der Waals surface area contributed by atoms with Crippen molar-refractivity contribution in [2.75, 3.05) is 11.9 Å². The first kappa shape index (κ1) is 24.9. The number of nitrogens with one attached hydrogen (secondary N) is 1. The predicted molar refractivity (Wildman–Crippen MR) is 123 cm³/mol. The lowest BCUT2D eigenvalue weighted by Gasteiger charge is -2.09. The van der Waals surface area contributed by atoms with E-state index in [1.54, 1.807) is 0 Å². The second-order valence-corrected chi connectivity index (χ2v) is 8.46. The third-order valence-electron chi connectivity index (χ3n) is 5.41. The lowest BCUT2D eigenvalue weighted by molar-refractivity contribution is 0.404. The van der Waals surface area contributed by atoms with Gasteiger partial charge in [-0.3, -0.25) is 0 Å². The molecule has 1 aromatic carbocycles. The lowest BCUT2D eigenvalue weighted by Crippen LogP contribution is -2.01. The van der Waals surface area contributed by atoms with Crippen molar-refractivity contribution in [2.45, 2.75) is 110 Å². The molecule has 162 valence electrons. The van der Waals surface area contributed by atoms with Crippen LogP contribution in [0.5, 0.6) is 11.5 Å². The minimum Gasteiger partial charge on any atom is -0.504 e. The largest absolute Gasteiger partial charge is 0.504 e. The van der Waals surface area contributed by atoms with Gasteiger partial charge in [-0.15, -0.1) is 0 Å². The normalized spacial score (nSPS) is 11.1. The minimum atomic E-state index is -0.182. The predicted octanol–water partition coefficient (Wildman–Crippen LogP) is 8.42. The average Bonchev–Trinajstić information content (AvgIpc) is 2.68. The highest BCUT2D eigenvalue weighted by atomic mass is 35.5. The number of aromatic hydroxyl groups is 2. The summed E-state index contributed by atoms with van der Waals surface area (Å²) in [6.07, 6.45) is 21.9. The van der Waals surface area contributed by atoms with Crippen LogP contribution in [0.4, 0.5) is 5.69 Å². The number of hydrogen-bond acceptors (Lipinski definition) is 3. The van der Waals surface area contributed by atoms with Crippen molar-refractivity contribution >= 4 is 17.3 Å². The van der Waals surface area contributed by atoms with Crippen molar-refractivity contribution in [3.63, 3.8) is 0 Å². The van der Waals surface area contributed by atoms with Gasteiger partial charge in [-0.05, 0) is 6.42 Å². The van der Waals surface area contributed by atoms with E-state index in [1.165, 1.54) is 108 Å². The van der Waals surface area contributed by atoms with Gasteiger partial charge in [0.15, 0.2) is 11.5 Å². The van der Waals surface area contributed by atoms with Gasteiger partial charge in [0.05, 0.1) is 10.7 Å². The molecule has 0 heterocycles. The molecule has 1 aromatic rings. The van der Waals surface area contributed by atoms with E-state index in [4.69, 9.17) is 11.6 Å². The van der Waals surface area contributed by atoms with E-state index in [0.717, 1.165) is 13.0 Å². The van der Waals surface area contributed by atoms with Gasteiger partial charge in [-0.1, -0.05) is 115 Å². The minimum absolute atomic E-state index is 0.140. The molecule has 0 aliphatic rings. The number of benzene rings is 1. The van der Waals surface area contributed by atoms with Gasteiger partial charge in [0.1, 0.15) is 0 Å². The highest BCUT2D eigenvalue weighted by Gasteiger charge is 2.06. The molecule has 0 bridgehead atoms. The van der Waals surface area contributed by atoms with Crippen LogP contribution in [0.25, 0.3) is 0 Å². The smallest absolute Gasteiger partial charge is 0.159 e. The summed E-state index contributed by atoms with van der Waals surface area (Å²) >= 11 is 6.04. The maximum Gasteiger partial charge on any atom is 0.159 e. The highest BCUT2D eigenvalue weighted by molar-refractivity contribution is 6.33. The summed E-state index contributed by atoms with van der Waals surface area (Å²) in [6.45, 7) is 3.11. The molecule has 28 heavy (non-hydrogen) atoms. The number of rotatable bonds is 18. The highest BCUT2D eigenvalue weighted by Crippen LogP contribution is 2.34. The van der Waals surface area contributed by atoms with Crippen molar-refractivity contribution in [3.8, 4) is 11.5 Å². The number of unbranched alkanes of at least 4 members (excludes halogenated alkanes) is 15. The molecule has 0 aliphatic carbocycles. The Hall–Kier alpha value is -1.09. The van der Waals surface area contributed by atoms with Crippen LogP contribution in [-0.4, -0.2) is 16.8 Å². The van der Waals surface area contributed by atoms with Crippen LogP contribution in [0.1, 0.15) is 110 Å². The summed E-state index contributed by atoms with van der Waals surface area (Å²) in [4.78, 5) is 0. The van der Waals surface area contributed by atoms with Gasteiger partial charge in [-0.25, -0.2) is 0 Å². The standard InChI is InChI=1S/C24H42ClNO2/c1-2-3-4-5-6-7-8-9-10-11-12-13-14-15-16-17-18-26-22-20-24(28)23(27)19-21(22)25/h19-20,26-28H,2-18H2,1H3. The summed E-state index contributed by atoms with van der Waals surface area (Å²) in [7, 11) is 0. The van der Waals surface area contributed by atoms with Crippen LogP contribution in [0.15, 0.2) is 12.1 Å². The van der Waals surface area contributed by atoms with Crippen LogP contribution in [0.2, 0.25) is 5.02 Å². The summed E-state index contributed by atoms with van der Waals surface area (Å²) in [6, 6.07) is 2.84. The summed E-state index contributed by atoms with van der Waals surface area (Å²) < 4.78 is 0. The van der Waals surface area contributed by atoms with E-state index in [1.807, 2.05) is 0 Å². The molecule has 0 aliphatic heterocycles. The number of phenolic OH excluding ortho intramolecular Hbond substituents is 2. The molecule has 0 fully saturated rings. The zero-order chi connectivity index (χ0) is 20.5. The molecular formula is C24H42ClNO2. The van der Waals surface area contributed by atoms with Crippen LogP contribution in [0.3, 0.4) is 0 Å². The molecule has 1 rings (SSSR count). The Bertz CT molecular complexity index is 508. The molecule has 4 heteroatoms. The molecule has 0 saturated carbocycles. The van der Waals surface area contributed by atoms with E-state index in [-0.39, 0.29) is 11.5 Å². The first-order valence-electron chi connectivity index (χ1n) is 11.6. The van der Waals surface area contributed by atoms with Gasteiger partial charge in [0.25, 0.3) is 0 Å². The maximum atomic E-state index is 9.52. The third kappa shape index (κ3) is 12.4. The van der Waals surface area contributed by atoms with Gasteiger partial charge in [0, 0.05) is 18.7 Å². The summed E-state index contributed by atoms with van der Waals surface area (Å²) in [5, 5.41) is 22.6. The number of anilines is 1. The fourth-order valence-corrected chi connectivity index (χ4v) is 3.81. The molecule has 0 radical (unpaired) electrons. The van der Waals surface area contributed by atoms with Crippen molar-refractivity contribution < 1.29 is 10.2 Å². The van der Waals surface area contributed by atoms with Gasteiger partial charge >= 0.3 is 0 Å². The molecule has 3 nitrogen and oxygen atoms in total. The van der Waals surface area contributed by atoms with Crippen LogP contribution >= 0.6 is 11.6 Å². The molecule has 0 saturated heterocycles. The van der Waals surface area contributed by atoms with E-state index in [0.29, 0.717) is 10.7 Å². The fraction of sp³-hybridized carbons (Fsp3) is 0.750. The Labute approximate surface area is 177 Å². The molecule has 0 spiro atoms. The number of phenols is 2. The second-order valence-electron chi connectivity index (χ2n) is 8.05. The van der Waals surface area contributed by atoms with E-state index >= 15 is 0 Å². The summed E-state index contributed by atoms with van der Waals surface area (Å²) in [5.41, 5.74) is 0.679. The number of hydrogen-bond donors (Lipinski definition) is 3. The van der Waals surface area contributed by atoms with Crippen LogP contribution in [-0.2, 0) is 0 Å². The average molecular weight is 412 g/mol. The van der Waals surface area contributed by atoms with Crippen molar-refractivity contribution in [1.82, 2.24) is 0 Å². The van der Waals surface area contributed by atoms with Crippen molar-refractivity contribution in [2.24, 2.45) is 0 Å². The summed E-state index contributed by atoms with van der Waals surface area (Å²) in [5.74, 6) is -0.322. The molecule has 0 unspecified atom stereocenters. The Morgan fingerprint density at radius 2 is 1.04 bits per heavy atom. The van der Waals surface area contributed by atoms with Crippen LogP contribution in [0, 0.1) is 0 Å². The molecule has 0 atom stereocenters. The van der Waals surface area contributed by atoms with Crippen molar-refractivity contribution in [3.05, 3.63) is 17.2 Å². The van der Waals surface area contributed by atoms with E-state index < -0.39 is 0 Å². The topological polar surface area (TPSA) is 52.5 Å². The van der Waals surface area contributed by atoms with Gasteiger partial charge in [-0.2, -0.15) is 0 Å². The Kier molecular flexibility index (Phi) is 15.0. The first-order chi connectivity index (χ1) is 13.6. The van der Waals surface area contributed by atoms with E-state index in [9.17, 15) is 10.2 Å². The Morgan fingerprint density at radius 1 is 0.643 bits per heavy atom. The first-order valence-corrected chi connectivity index (χ1v) is 12.0. The molecular weight excluding hydrogens is 370 g/mol. The number of halogens is 1. The Balaban J connectivity index is 1.83. The quantitative estimate of drug-likeness (QED) is 0.129. The SMILES string of the molecule is CCCCCCCCCCCCCCCCCCNc1cc(O)c(O)cc1Cl. The lowest BCUT2D eigenvalue weighted by atomic mass is 10.0. The molecule has 0 aromatic heterocycles. The maximum absolute atomic E-state index is 9.52. The second kappa shape index (κ2) is 16.8. The zero-order valence-electron chi connectivity index (χ0n) is 17.9. The van der Waals surface area contributed by atoms with Gasteiger partial charge in [0.2, 0.25) is 0 Å². The third-order valence-corrected chi connectivity index (χ3v) is 5.72.